The van der Waals surface area contributed by atoms with Gasteiger partial charge in [-0.1, -0.05) is 11.6 Å². The lowest BCUT2D eigenvalue weighted by Gasteiger charge is -2.15. The molecule has 0 saturated heterocycles. The Morgan fingerprint density at radius 2 is 1.91 bits per heavy atom. The molecule has 166 valence electrons. The van der Waals surface area contributed by atoms with E-state index in [2.05, 4.69) is 26.3 Å². The third-order valence-corrected chi connectivity index (χ3v) is 6.19. The third kappa shape index (κ3) is 4.80. The first-order valence-electron chi connectivity index (χ1n) is 10.2. The summed E-state index contributed by atoms with van der Waals surface area (Å²) in [7, 11) is 0. The van der Waals surface area contributed by atoms with Gasteiger partial charge in [0.1, 0.15) is 17.5 Å². The van der Waals surface area contributed by atoms with Crippen LogP contribution in [0.5, 0.6) is 5.75 Å². The van der Waals surface area contributed by atoms with E-state index in [0.29, 0.717) is 50.4 Å². The fourth-order valence-electron chi connectivity index (χ4n) is 3.41. The summed E-state index contributed by atoms with van der Waals surface area (Å²) in [5.41, 5.74) is 10.8. The van der Waals surface area contributed by atoms with Crippen molar-refractivity contribution in [1.82, 2.24) is 15.0 Å². The molecule has 0 spiro atoms. The molecule has 9 heteroatoms. The molecule has 3 N–H and O–H groups in total. The van der Waals surface area contributed by atoms with Gasteiger partial charge in [0.25, 0.3) is 0 Å². The highest BCUT2D eigenvalue weighted by Gasteiger charge is 2.15. The minimum atomic E-state index is 0.393. The molecule has 2 aromatic heterocycles. The van der Waals surface area contributed by atoms with Crippen LogP contribution in [0.2, 0.25) is 5.02 Å². The van der Waals surface area contributed by atoms with Crippen molar-refractivity contribution in [2.75, 3.05) is 17.7 Å². The number of rotatable bonds is 6. The maximum absolute atomic E-state index is 9.64. The predicted molar refractivity (Wildman–Crippen MR) is 132 cm³/mol. The molecule has 0 aliphatic carbocycles. The number of fused-ring (bicyclic) bond motifs is 1. The highest BCUT2D eigenvalue weighted by atomic mass is 35.5. The summed E-state index contributed by atoms with van der Waals surface area (Å²) in [5.74, 6) is 0.561. The Kier molecular flexibility index (Phi) is 6.54. The summed E-state index contributed by atoms with van der Waals surface area (Å²) < 4.78 is 5.57. The zero-order valence-corrected chi connectivity index (χ0v) is 19.9. The molecule has 0 saturated carbocycles. The van der Waals surface area contributed by atoms with E-state index in [1.54, 1.807) is 12.1 Å². The second-order valence-electron chi connectivity index (χ2n) is 7.27. The van der Waals surface area contributed by atoms with Crippen LogP contribution in [0.15, 0.2) is 52.6 Å². The molecule has 33 heavy (non-hydrogen) atoms. The number of pyridine rings is 1. The molecule has 0 unspecified atom stereocenters. The number of nitrogens with two attached hydrogens (primary N) is 1. The van der Waals surface area contributed by atoms with Crippen molar-refractivity contribution in [2.24, 2.45) is 0 Å². The lowest BCUT2D eigenvalue weighted by atomic mass is 10.1. The summed E-state index contributed by atoms with van der Waals surface area (Å²) in [5, 5.41) is 14.9. The zero-order valence-electron chi connectivity index (χ0n) is 18.3. The van der Waals surface area contributed by atoms with E-state index < -0.39 is 0 Å². The summed E-state index contributed by atoms with van der Waals surface area (Å²) in [6.45, 7) is 6.25. The number of hydrogen-bond acceptors (Lipinski definition) is 8. The number of nitrogen functional groups attached to an aromatic ring is 1. The van der Waals surface area contributed by atoms with Crippen LogP contribution in [0, 0.1) is 25.2 Å². The largest absolute Gasteiger partial charge is 0.492 e. The first-order valence-corrected chi connectivity index (χ1v) is 11.4. The molecular weight excluding hydrogens is 456 g/mol. The van der Waals surface area contributed by atoms with Crippen molar-refractivity contribution in [3.05, 3.63) is 64.6 Å². The zero-order chi connectivity index (χ0) is 23.5. The van der Waals surface area contributed by atoms with Crippen LogP contribution >= 0.6 is 23.4 Å². The van der Waals surface area contributed by atoms with Crippen molar-refractivity contribution in [3.8, 4) is 11.8 Å². The number of nitriles is 1. The fraction of sp³-hybridized carbons (Fsp3) is 0.167. The number of halogens is 1. The number of benzene rings is 2. The standard InChI is InChI=1S/C24H21ClN6OS/c1-4-32-19-7-6-17-22(15(11-26)12-28-23(17)21(19)27)31-16-5-8-20(18(25)10-16)33-24-29-13(2)9-14(3)30-24/h5-10,12H,4,27H2,1-3H3,(H,28,31). The molecule has 4 aromatic rings. The van der Waals surface area contributed by atoms with Gasteiger partial charge in [-0.15, -0.1) is 0 Å². The van der Waals surface area contributed by atoms with Gasteiger partial charge in [-0.2, -0.15) is 5.26 Å². The van der Waals surface area contributed by atoms with Crippen molar-refractivity contribution in [3.63, 3.8) is 0 Å². The Bertz CT molecular complexity index is 1380. The molecule has 0 amide bonds. The lowest BCUT2D eigenvalue weighted by molar-refractivity contribution is 0.342. The molecule has 0 radical (unpaired) electrons. The molecule has 0 aliphatic rings. The minimum Gasteiger partial charge on any atom is -0.492 e. The van der Waals surface area contributed by atoms with Crippen molar-refractivity contribution in [2.45, 2.75) is 30.8 Å². The Balaban J connectivity index is 1.68. The number of hydrogen-bond donors (Lipinski definition) is 2. The Labute approximate surface area is 201 Å². The van der Waals surface area contributed by atoms with Crippen LogP contribution in [-0.2, 0) is 0 Å². The quantitative estimate of drug-likeness (QED) is 0.256. The topological polar surface area (TPSA) is 110 Å². The fourth-order valence-corrected chi connectivity index (χ4v) is 4.58. The van der Waals surface area contributed by atoms with Gasteiger partial charge in [-0.05, 0) is 68.9 Å². The Morgan fingerprint density at radius 3 is 2.58 bits per heavy atom. The molecule has 0 atom stereocenters. The molecule has 0 bridgehead atoms. The van der Waals surface area contributed by atoms with E-state index in [-0.39, 0.29) is 0 Å². The highest BCUT2D eigenvalue weighted by Crippen LogP contribution is 2.38. The maximum Gasteiger partial charge on any atom is 0.192 e. The molecule has 0 fully saturated rings. The van der Waals surface area contributed by atoms with Crippen LogP contribution in [0.1, 0.15) is 23.9 Å². The summed E-state index contributed by atoms with van der Waals surface area (Å²) in [6, 6.07) is 13.3. The van der Waals surface area contributed by atoms with Gasteiger partial charge in [0, 0.05) is 33.6 Å². The average Bonchev–Trinajstić information content (AvgIpc) is 2.77. The van der Waals surface area contributed by atoms with E-state index in [1.807, 2.05) is 45.0 Å². The number of ether oxygens (including phenoxy) is 1. The average molecular weight is 477 g/mol. The minimum absolute atomic E-state index is 0.393. The normalized spacial score (nSPS) is 10.8. The first kappa shape index (κ1) is 22.6. The van der Waals surface area contributed by atoms with Crippen LogP contribution in [0.25, 0.3) is 10.9 Å². The molecule has 0 aliphatic heterocycles. The molecule has 7 nitrogen and oxygen atoms in total. The van der Waals surface area contributed by atoms with Crippen molar-refractivity contribution in [1.29, 1.82) is 5.26 Å². The Morgan fingerprint density at radius 1 is 1.15 bits per heavy atom. The van der Waals surface area contributed by atoms with E-state index in [4.69, 9.17) is 22.1 Å². The van der Waals surface area contributed by atoms with Gasteiger partial charge in [0.05, 0.1) is 28.4 Å². The van der Waals surface area contributed by atoms with Gasteiger partial charge in [0.15, 0.2) is 5.16 Å². The summed E-state index contributed by atoms with van der Waals surface area (Å²) in [6.07, 6.45) is 1.50. The van der Waals surface area contributed by atoms with Gasteiger partial charge in [-0.25, -0.2) is 9.97 Å². The smallest absolute Gasteiger partial charge is 0.192 e. The van der Waals surface area contributed by atoms with Crippen LogP contribution in [0.4, 0.5) is 17.1 Å². The number of nitrogens with one attached hydrogen (secondary N) is 1. The van der Waals surface area contributed by atoms with Gasteiger partial charge in [0.2, 0.25) is 0 Å². The number of aryl methyl sites for hydroxylation is 2. The molecule has 2 heterocycles. The molecule has 4 rings (SSSR count). The molecular formula is C24H21ClN6OS. The van der Waals surface area contributed by atoms with Gasteiger partial charge < -0.3 is 15.8 Å². The SMILES string of the molecule is CCOc1ccc2c(Nc3ccc(Sc4nc(C)cc(C)n4)c(Cl)c3)c(C#N)cnc2c1N. The van der Waals surface area contributed by atoms with E-state index in [9.17, 15) is 5.26 Å². The van der Waals surface area contributed by atoms with E-state index >= 15 is 0 Å². The van der Waals surface area contributed by atoms with Crippen molar-refractivity contribution >= 4 is 51.3 Å². The highest BCUT2D eigenvalue weighted by molar-refractivity contribution is 7.99. The maximum atomic E-state index is 9.64. The van der Waals surface area contributed by atoms with Crippen LogP contribution in [0.3, 0.4) is 0 Å². The lowest BCUT2D eigenvalue weighted by Crippen LogP contribution is -2.01. The van der Waals surface area contributed by atoms with Gasteiger partial charge >= 0.3 is 0 Å². The second kappa shape index (κ2) is 9.53. The second-order valence-corrected chi connectivity index (χ2v) is 8.69. The van der Waals surface area contributed by atoms with E-state index in [0.717, 1.165) is 22.0 Å². The van der Waals surface area contributed by atoms with Crippen LogP contribution < -0.4 is 15.8 Å². The monoisotopic (exact) mass is 476 g/mol. The molecule has 2 aromatic carbocycles. The summed E-state index contributed by atoms with van der Waals surface area (Å²) >= 11 is 7.97. The third-order valence-electron chi connectivity index (χ3n) is 4.82. The number of aromatic nitrogens is 3. The van der Waals surface area contributed by atoms with Gasteiger partial charge in [-0.3, -0.25) is 4.98 Å². The van der Waals surface area contributed by atoms with E-state index in [1.165, 1.54) is 18.0 Å². The van der Waals surface area contributed by atoms with Crippen molar-refractivity contribution < 1.29 is 4.74 Å². The Hall–Kier alpha value is -3.54. The predicted octanol–water partition coefficient (Wildman–Crippen LogP) is 6.04. The summed E-state index contributed by atoms with van der Waals surface area (Å²) in [4.78, 5) is 14.1. The first-order chi connectivity index (χ1) is 15.9. The number of anilines is 3. The van der Waals surface area contributed by atoms with Crippen LogP contribution in [-0.4, -0.2) is 21.6 Å². The number of nitrogens with zero attached hydrogens (tertiary/aromatic N) is 4.